The zero-order chi connectivity index (χ0) is 17.3. The number of carbonyl (C=O) groups excluding carboxylic acids is 1. The summed E-state index contributed by atoms with van der Waals surface area (Å²) in [6, 6.07) is 8.13. The molecule has 0 radical (unpaired) electrons. The number of anilines is 1. The maximum absolute atomic E-state index is 12.3. The van der Waals surface area contributed by atoms with Crippen LogP contribution < -0.4 is 15.8 Å². The molecule has 0 spiro atoms. The first-order valence-electron chi connectivity index (χ1n) is 7.49. The first-order chi connectivity index (χ1) is 11.4. The summed E-state index contributed by atoms with van der Waals surface area (Å²) in [6.45, 7) is 1.44. The van der Waals surface area contributed by atoms with Gasteiger partial charge in [-0.25, -0.2) is 4.68 Å². The van der Waals surface area contributed by atoms with Crippen LogP contribution in [0, 0.1) is 0 Å². The van der Waals surface area contributed by atoms with Crippen LogP contribution in [0.25, 0.3) is 0 Å². The van der Waals surface area contributed by atoms with Crippen LogP contribution in [0.4, 0.5) is 5.69 Å². The van der Waals surface area contributed by atoms with Crippen LogP contribution in [0.3, 0.4) is 0 Å². The number of rotatable bonds is 3. The van der Waals surface area contributed by atoms with Gasteiger partial charge in [0.05, 0.1) is 10.7 Å². The number of nitrogens with zero attached hydrogens (tertiary/aromatic N) is 3. The average Bonchev–Trinajstić information content (AvgIpc) is 2.98. The van der Waals surface area contributed by atoms with Crippen molar-refractivity contribution in [3.05, 3.63) is 56.4 Å². The molecule has 1 aliphatic rings. The molecule has 126 valence electrons. The van der Waals surface area contributed by atoms with E-state index in [9.17, 15) is 9.59 Å². The van der Waals surface area contributed by atoms with Gasteiger partial charge in [0, 0.05) is 37.3 Å². The highest BCUT2D eigenvalue weighted by Gasteiger charge is 2.26. The van der Waals surface area contributed by atoms with E-state index in [2.05, 4.69) is 15.3 Å². The van der Waals surface area contributed by atoms with E-state index in [1.54, 1.807) is 12.1 Å². The van der Waals surface area contributed by atoms with Crippen LogP contribution in [0.2, 0.25) is 10.0 Å². The number of aryl methyl sites for hydroxylation is 1. The zero-order valence-corrected chi connectivity index (χ0v) is 14.5. The van der Waals surface area contributed by atoms with Crippen molar-refractivity contribution in [1.29, 1.82) is 0 Å². The SMILES string of the molecule is Cn1nc(C(=O)NC2CCN(c3ccc(Cl)cc3Cl)C2)ccc1=O. The molecule has 1 N–H and O–H groups in total. The molecule has 2 heterocycles. The summed E-state index contributed by atoms with van der Waals surface area (Å²) in [4.78, 5) is 25.7. The van der Waals surface area contributed by atoms with E-state index in [1.807, 2.05) is 6.07 Å². The highest BCUT2D eigenvalue weighted by molar-refractivity contribution is 6.36. The summed E-state index contributed by atoms with van der Waals surface area (Å²) in [5.41, 5.74) is 0.870. The number of carbonyl (C=O) groups is 1. The van der Waals surface area contributed by atoms with Crippen molar-refractivity contribution in [3.63, 3.8) is 0 Å². The Morgan fingerprint density at radius 2 is 2.08 bits per heavy atom. The smallest absolute Gasteiger partial charge is 0.272 e. The fourth-order valence-corrected chi connectivity index (χ4v) is 3.25. The van der Waals surface area contributed by atoms with Gasteiger partial charge in [-0.1, -0.05) is 23.2 Å². The van der Waals surface area contributed by atoms with Crippen LogP contribution in [0.15, 0.2) is 35.1 Å². The van der Waals surface area contributed by atoms with E-state index in [-0.39, 0.29) is 23.2 Å². The quantitative estimate of drug-likeness (QED) is 0.902. The molecule has 1 fully saturated rings. The van der Waals surface area contributed by atoms with Crippen molar-refractivity contribution in [2.24, 2.45) is 7.05 Å². The number of benzene rings is 1. The molecule has 8 heteroatoms. The predicted octanol–water partition coefficient (Wildman–Crippen LogP) is 2.10. The second-order valence-electron chi connectivity index (χ2n) is 5.68. The van der Waals surface area contributed by atoms with E-state index in [4.69, 9.17) is 23.2 Å². The largest absolute Gasteiger partial charge is 0.368 e. The molecule has 1 aromatic heterocycles. The lowest BCUT2D eigenvalue weighted by atomic mass is 10.2. The van der Waals surface area contributed by atoms with Crippen LogP contribution in [-0.2, 0) is 7.05 Å². The number of halogens is 2. The number of nitrogens with one attached hydrogen (secondary N) is 1. The van der Waals surface area contributed by atoms with E-state index < -0.39 is 0 Å². The molecule has 0 saturated carbocycles. The molecule has 0 bridgehead atoms. The molecule has 1 aromatic carbocycles. The summed E-state index contributed by atoms with van der Waals surface area (Å²) in [5.74, 6) is -0.292. The van der Waals surface area contributed by atoms with Gasteiger partial charge in [0.15, 0.2) is 0 Å². The van der Waals surface area contributed by atoms with Crippen molar-refractivity contribution in [2.75, 3.05) is 18.0 Å². The molecular weight excluding hydrogens is 351 g/mol. The number of hydrogen-bond donors (Lipinski definition) is 1. The fourth-order valence-electron chi connectivity index (χ4n) is 2.72. The van der Waals surface area contributed by atoms with Gasteiger partial charge in [0.2, 0.25) is 0 Å². The lowest BCUT2D eigenvalue weighted by Crippen LogP contribution is -2.38. The first-order valence-corrected chi connectivity index (χ1v) is 8.25. The molecule has 3 rings (SSSR count). The fraction of sp³-hybridized carbons (Fsp3) is 0.312. The van der Waals surface area contributed by atoms with Gasteiger partial charge in [-0.05, 0) is 30.7 Å². The molecule has 1 unspecified atom stereocenters. The van der Waals surface area contributed by atoms with Crippen molar-refractivity contribution in [1.82, 2.24) is 15.1 Å². The van der Waals surface area contributed by atoms with E-state index >= 15 is 0 Å². The van der Waals surface area contributed by atoms with Crippen LogP contribution in [-0.4, -0.2) is 34.8 Å². The van der Waals surface area contributed by atoms with Gasteiger partial charge in [-0.2, -0.15) is 5.10 Å². The third-order valence-electron chi connectivity index (χ3n) is 3.97. The van der Waals surface area contributed by atoms with Crippen molar-refractivity contribution in [2.45, 2.75) is 12.5 Å². The molecule has 24 heavy (non-hydrogen) atoms. The minimum absolute atomic E-state index is 0.0109. The Labute approximate surface area is 149 Å². The van der Waals surface area contributed by atoms with Crippen molar-refractivity contribution >= 4 is 34.8 Å². The lowest BCUT2D eigenvalue weighted by molar-refractivity contribution is 0.0933. The third-order valence-corrected chi connectivity index (χ3v) is 4.50. The predicted molar refractivity (Wildman–Crippen MR) is 94.0 cm³/mol. The summed E-state index contributed by atoms with van der Waals surface area (Å²) in [7, 11) is 1.51. The first kappa shape index (κ1) is 16.8. The van der Waals surface area contributed by atoms with Gasteiger partial charge in [-0.3, -0.25) is 9.59 Å². The Morgan fingerprint density at radius 1 is 1.29 bits per heavy atom. The molecular formula is C16H16Cl2N4O2. The third kappa shape index (κ3) is 3.55. The Kier molecular flexibility index (Phi) is 4.78. The maximum Gasteiger partial charge on any atom is 0.272 e. The van der Waals surface area contributed by atoms with Crippen LogP contribution in [0.1, 0.15) is 16.9 Å². The van der Waals surface area contributed by atoms with Crippen LogP contribution in [0.5, 0.6) is 0 Å². The molecule has 1 atom stereocenters. The van der Waals surface area contributed by atoms with Crippen molar-refractivity contribution < 1.29 is 4.79 Å². The molecule has 6 nitrogen and oxygen atoms in total. The van der Waals surface area contributed by atoms with Gasteiger partial charge >= 0.3 is 0 Å². The van der Waals surface area contributed by atoms with Gasteiger partial charge < -0.3 is 10.2 Å². The van der Waals surface area contributed by atoms with E-state index in [0.29, 0.717) is 16.6 Å². The lowest BCUT2D eigenvalue weighted by Gasteiger charge is -2.20. The molecule has 1 aliphatic heterocycles. The number of hydrogen-bond acceptors (Lipinski definition) is 4. The Morgan fingerprint density at radius 3 is 2.79 bits per heavy atom. The van der Waals surface area contributed by atoms with E-state index in [1.165, 1.54) is 19.2 Å². The standard InChI is InChI=1S/C16H16Cl2N4O2/c1-21-15(23)5-3-13(20-21)16(24)19-11-6-7-22(9-11)14-4-2-10(17)8-12(14)18/h2-5,8,11H,6-7,9H2,1H3,(H,19,24). The topological polar surface area (TPSA) is 67.2 Å². The molecule has 1 saturated heterocycles. The summed E-state index contributed by atoms with van der Waals surface area (Å²) < 4.78 is 1.14. The van der Waals surface area contributed by atoms with E-state index in [0.717, 1.165) is 23.3 Å². The Balaban J connectivity index is 1.66. The monoisotopic (exact) mass is 366 g/mol. The molecule has 1 amide bonds. The second-order valence-corrected chi connectivity index (χ2v) is 6.52. The zero-order valence-electron chi connectivity index (χ0n) is 13.0. The summed E-state index contributed by atoms with van der Waals surface area (Å²) in [6.07, 6.45) is 0.802. The maximum atomic E-state index is 12.3. The number of amides is 1. The molecule has 2 aromatic rings. The summed E-state index contributed by atoms with van der Waals surface area (Å²) in [5, 5.41) is 8.09. The minimum atomic E-state index is -0.292. The normalized spacial score (nSPS) is 17.1. The minimum Gasteiger partial charge on any atom is -0.368 e. The van der Waals surface area contributed by atoms with Crippen molar-refractivity contribution in [3.8, 4) is 0 Å². The van der Waals surface area contributed by atoms with Gasteiger partial charge in [0.1, 0.15) is 5.69 Å². The van der Waals surface area contributed by atoms with Gasteiger partial charge in [0.25, 0.3) is 11.5 Å². The highest BCUT2D eigenvalue weighted by Crippen LogP contribution is 2.31. The Bertz CT molecular complexity index is 837. The number of aromatic nitrogens is 2. The Hall–Kier alpha value is -2.05. The molecule has 0 aliphatic carbocycles. The average molecular weight is 367 g/mol. The second kappa shape index (κ2) is 6.83. The highest BCUT2D eigenvalue weighted by atomic mass is 35.5. The van der Waals surface area contributed by atoms with Gasteiger partial charge in [-0.15, -0.1) is 0 Å². The van der Waals surface area contributed by atoms with Crippen LogP contribution >= 0.6 is 23.2 Å². The summed E-state index contributed by atoms with van der Waals surface area (Å²) >= 11 is 12.2.